The molecule has 1 aliphatic rings. The molecule has 16 heavy (non-hydrogen) atoms. The summed E-state index contributed by atoms with van der Waals surface area (Å²) in [5.74, 6) is -0.755. The first-order valence-corrected chi connectivity index (χ1v) is 6.14. The number of carboxylic acids is 1. The minimum atomic E-state index is -0.781. The van der Waals surface area contributed by atoms with Crippen molar-refractivity contribution in [1.29, 1.82) is 0 Å². The van der Waals surface area contributed by atoms with Gasteiger partial charge in [0, 0.05) is 12.6 Å². The fraction of sp³-hybridized carbons (Fsp3) is 0.917. The van der Waals surface area contributed by atoms with Crippen molar-refractivity contribution in [2.75, 3.05) is 6.61 Å². The Morgan fingerprint density at radius 3 is 2.56 bits per heavy atom. The lowest BCUT2D eigenvalue weighted by molar-refractivity contribution is -0.145. The van der Waals surface area contributed by atoms with Gasteiger partial charge in [0.25, 0.3) is 0 Å². The van der Waals surface area contributed by atoms with Crippen LogP contribution in [0.15, 0.2) is 0 Å². The molecule has 0 saturated heterocycles. The molecule has 1 unspecified atom stereocenters. The van der Waals surface area contributed by atoms with Gasteiger partial charge < -0.3 is 9.84 Å². The zero-order chi connectivity index (χ0) is 12.2. The van der Waals surface area contributed by atoms with Crippen LogP contribution in [0, 0.1) is 0 Å². The second-order valence-corrected chi connectivity index (χ2v) is 4.78. The van der Waals surface area contributed by atoms with Crippen molar-refractivity contribution in [3.63, 3.8) is 0 Å². The van der Waals surface area contributed by atoms with Crippen molar-refractivity contribution in [3.8, 4) is 0 Å². The summed E-state index contributed by atoms with van der Waals surface area (Å²) in [4.78, 5) is 11.2. The Hall–Kier alpha value is -0.610. The van der Waals surface area contributed by atoms with Crippen LogP contribution < -0.4 is 5.32 Å². The summed E-state index contributed by atoms with van der Waals surface area (Å²) in [5, 5.41) is 12.4. The van der Waals surface area contributed by atoms with Crippen LogP contribution >= 0.6 is 0 Å². The van der Waals surface area contributed by atoms with Gasteiger partial charge in [0.2, 0.25) is 0 Å². The molecule has 0 bridgehead atoms. The van der Waals surface area contributed by atoms with E-state index in [1.54, 1.807) is 6.92 Å². The molecule has 4 nitrogen and oxygen atoms in total. The Balaban J connectivity index is 2.37. The molecule has 0 aromatic heterocycles. The van der Waals surface area contributed by atoms with Gasteiger partial charge in [-0.1, -0.05) is 13.3 Å². The van der Waals surface area contributed by atoms with E-state index < -0.39 is 11.5 Å². The number of aliphatic carboxylic acids is 1. The summed E-state index contributed by atoms with van der Waals surface area (Å²) in [6.07, 6.45) is 3.72. The Morgan fingerprint density at radius 1 is 1.50 bits per heavy atom. The summed E-state index contributed by atoms with van der Waals surface area (Å²) in [6, 6.07) is 0.296. The number of hydrogen-bond acceptors (Lipinski definition) is 3. The van der Waals surface area contributed by atoms with E-state index in [1.165, 1.54) is 0 Å². The number of rotatable bonds is 7. The second-order valence-electron chi connectivity index (χ2n) is 4.78. The fourth-order valence-corrected chi connectivity index (χ4v) is 2.25. The van der Waals surface area contributed by atoms with Gasteiger partial charge in [0.1, 0.15) is 5.54 Å². The maximum absolute atomic E-state index is 11.2. The lowest BCUT2D eigenvalue weighted by Crippen LogP contribution is -2.58. The normalized spacial score (nSPS) is 28.2. The van der Waals surface area contributed by atoms with Crippen LogP contribution in [0.5, 0.6) is 0 Å². The predicted octanol–water partition coefficient (Wildman–Crippen LogP) is 1.79. The smallest absolute Gasteiger partial charge is 0.323 e. The molecular formula is C12H23NO3. The minimum Gasteiger partial charge on any atom is -0.480 e. The Morgan fingerprint density at radius 2 is 2.12 bits per heavy atom. The van der Waals surface area contributed by atoms with Gasteiger partial charge in [-0.25, -0.2) is 0 Å². The number of nitrogens with one attached hydrogen (secondary N) is 1. The van der Waals surface area contributed by atoms with E-state index >= 15 is 0 Å². The molecule has 1 atom stereocenters. The third-order valence-corrected chi connectivity index (χ3v) is 3.24. The van der Waals surface area contributed by atoms with Crippen LogP contribution in [0.4, 0.5) is 0 Å². The Kier molecular flexibility index (Phi) is 4.74. The highest BCUT2D eigenvalue weighted by atomic mass is 16.5. The van der Waals surface area contributed by atoms with Gasteiger partial charge in [-0.2, -0.15) is 0 Å². The largest absolute Gasteiger partial charge is 0.480 e. The number of hydrogen-bond donors (Lipinski definition) is 2. The van der Waals surface area contributed by atoms with Crippen molar-refractivity contribution < 1.29 is 14.6 Å². The predicted molar refractivity (Wildman–Crippen MR) is 62.5 cm³/mol. The monoisotopic (exact) mass is 229 g/mol. The molecule has 2 N–H and O–H groups in total. The average Bonchev–Trinajstić information content (AvgIpc) is 2.15. The second kappa shape index (κ2) is 5.64. The van der Waals surface area contributed by atoms with Crippen LogP contribution in [0.3, 0.4) is 0 Å². The first-order chi connectivity index (χ1) is 7.51. The van der Waals surface area contributed by atoms with E-state index in [2.05, 4.69) is 5.32 Å². The lowest BCUT2D eigenvalue weighted by atomic mass is 9.85. The zero-order valence-corrected chi connectivity index (χ0v) is 10.5. The van der Waals surface area contributed by atoms with E-state index in [0.717, 1.165) is 25.9 Å². The van der Waals surface area contributed by atoms with Crippen LogP contribution in [0.25, 0.3) is 0 Å². The number of carbonyl (C=O) groups is 1. The van der Waals surface area contributed by atoms with E-state index in [-0.39, 0.29) is 0 Å². The summed E-state index contributed by atoms with van der Waals surface area (Å²) in [6.45, 7) is 6.50. The first kappa shape index (κ1) is 13.5. The molecule has 0 aliphatic heterocycles. The molecule has 0 aromatic carbocycles. The van der Waals surface area contributed by atoms with Gasteiger partial charge in [-0.05, 0) is 33.1 Å². The molecule has 1 aliphatic carbocycles. The van der Waals surface area contributed by atoms with Crippen LogP contribution in [-0.4, -0.2) is 35.4 Å². The molecule has 4 heteroatoms. The van der Waals surface area contributed by atoms with Crippen molar-refractivity contribution >= 4 is 5.97 Å². The average molecular weight is 229 g/mol. The number of carboxylic acid groups (broad SMARTS) is 1. The molecule has 0 spiro atoms. The van der Waals surface area contributed by atoms with E-state index in [9.17, 15) is 9.90 Å². The molecule has 0 heterocycles. The van der Waals surface area contributed by atoms with Crippen molar-refractivity contribution in [1.82, 2.24) is 5.32 Å². The topological polar surface area (TPSA) is 58.6 Å². The van der Waals surface area contributed by atoms with Gasteiger partial charge in [-0.15, -0.1) is 0 Å². The highest BCUT2D eigenvalue weighted by molar-refractivity contribution is 5.78. The molecule has 0 aromatic rings. The zero-order valence-electron chi connectivity index (χ0n) is 10.5. The molecule has 1 saturated carbocycles. The SMILES string of the molecule is CCCC(C)(NC1CC(OCC)C1)C(=O)O. The Labute approximate surface area is 97.4 Å². The standard InChI is InChI=1S/C12H23NO3/c1-4-6-12(3,11(14)15)13-9-7-10(8-9)16-5-2/h9-10,13H,4-8H2,1-3H3,(H,14,15). The molecule has 1 rings (SSSR count). The van der Waals surface area contributed by atoms with Gasteiger partial charge in [0.15, 0.2) is 0 Å². The third kappa shape index (κ3) is 3.19. The third-order valence-electron chi connectivity index (χ3n) is 3.24. The minimum absolute atomic E-state index is 0.296. The van der Waals surface area contributed by atoms with Crippen molar-refractivity contribution in [3.05, 3.63) is 0 Å². The summed E-state index contributed by atoms with van der Waals surface area (Å²) >= 11 is 0. The maximum atomic E-state index is 11.2. The number of ether oxygens (including phenoxy) is 1. The van der Waals surface area contributed by atoms with Crippen LogP contribution in [0.1, 0.15) is 46.5 Å². The maximum Gasteiger partial charge on any atom is 0.323 e. The molecular weight excluding hydrogens is 206 g/mol. The lowest BCUT2D eigenvalue weighted by Gasteiger charge is -2.40. The van der Waals surface area contributed by atoms with E-state index in [1.807, 2.05) is 13.8 Å². The summed E-state index contributed by atoms with van der Waals surface area (Å²) < 4.78 is 5.46. The Bertz CT molecular complexity index is 238. The van der Waals surface area contributed by atoms with Gasteiger partial charge in [-0.3, -0.25) is 10.1 Å². The van der Waals surface area contributed by atoms with E-state index in [0.29, 0.717) is 18.6 Å². The molecule has 94 valence electrons. The highest BCUT2D eigenvalue weighted by Crippen LogP contribution is 2.26. The molecule has 0 radical (unpaired) electrons. The fourth-order valence-electron chi connectivity index (χ4n) is 2.25. The first-order valence-electron chi connectivity index (χ1n) is 6.14. The van der Waals surface area contributed by atoms with Crippen molar-refractivity contribution in [2.24, 2.45) is 0 Å². The molecule has 0 amide bonds. The quantitative estimate of drug-likeness (QED) is 0.698. The van der Waals surface area contributed by atoms with Crippen molar-refractivity contribution in [2.45, 2.75) is 64.1 Å². The van der Waals surface area contributed by atoms with E-state index in [4.69, 9.17) is 4.74 Å². The van der Waals surface area contributed by atoms with Crippen LogP contribution in [-0.2, 0) is 9.53 Å². The summed E-state index contributed by atoms with van der Waals surface area (Å²) in [5.41, 5.74) is -0.781. The van der Waals surface area contributed by atoms with Gasteiger partial charge >= 0.3 is 5.97 Å². The molecule has 1 fully saturated rings. The van der Waals surface area contributed by atoms with Crippen LogP contribution in [0.2, 0.25) is 0 Å². The summed E-state index contributed by atoms with van der Waals surface area (Å²) in [7, 11) is 0. The highest BCUT2D eigenvalue weighted by Gasteiger charge is 2.39. The van der Waals surface area contributed by atoms with Gasteiger partial charge in [0.05, 0.1) is 6.10 Å².